The smallest absolute Gasteiger partial charge is 0.280 e. The fourth-order valence-electron chi connectivity index (χ4n) is 3.34. The number of nitrogens with two attached hydrogens (primary N) is 1. The highest BCUT2D eigenvalue weighted by molar-refractivity contribution is 9.10. The van der Waals surface area contributed by atoms with Gasteiger partial charge in [-0.1, -0.05) is 6.07 Å². The number of benzene rings is 1. The van der Waals surface area contributed by atoms with Crippen LogP contribution in [-0.4, -0.2) is 71.2 Å². The first-order valence-electron chi connectivity index (χ1n) is 9.36. The van der Waals surface area contributed by atoms with E-state index in [0.717, 1.165) is 0 Å². The molecule has 15 nitrogen and oxygen atoms in total. The van der Waals surface area contributed by atoms with Crippen molar-refractivity contribution in [2.45, 2.75) is 24.5 Å². The summed E-state index contributed by atoms with van der Waals surface area (Å²) in [6.45, 7) is -0.564. The fourth-order valence-corrected chi connectivity index (χ4v) is 3.73. The molecule has 16 heteroatoms. The lowest BCUT2D eigenvalue weighted by molar-refractivity contribution is -0.0501. The summed E-state index contributed by atoms with van der Waals surface area (Å²) in [7, 11) is 0. The SMILES string of the molecule is Nc1nc2c(nc(NN=Cc3ccc(Br)c(N([O-])O)c3)n2C2OC(CO)C(O)C2O)c(=O)[nH]1. The highest BCUT2D eigenvalue weighted by atomic mass is 79.9. The summed E-state index contributed by atoms with van der Waals surface area (Å²) in [6, 6.07) is 4.48. The monoisotopic (exact) mass is 525 g/mol. The number of hydrogen-bond acceptors (Lipinski definition) is 13. The predicted octanol–water partition coefficient (Wildman–Crippen LogP) is -0.785. The third-order valence-electron chi connectivity index (χ3n) is 4.89. The van der Waals surface area contributed by atoms with Crippen molar-refractivity contribution in [1.29, 1.82) is 0 Å². The van der Waals surface area contributed by atoms with Crippen LogP contribution in [0.3, 0.4) is 0 Å². The number of aliphatic hydroxyl groups excluding tert-OH is 3. The summed E-state index contributed by atoms with van der Waals surface area (Å²) < 4.78 is 7.09. The Hall–Kier alpha value is -3.12. The molecule has 176 valence electrons. The van der Waals surface area contributed by atoms with Crippen molar-refractivity contribution in [3.8, 4) is 0 Å². The molecule has 1 aliphatic rings. The fraction of sp³-hybridized carbons (Fsp3) is 0.294. The number of aliphatic hydroxyl groups is 3. The Morgan fingerprint density at radius 2 is 2.15 bits per heavy atom. The minimum absolute atomic E-state index is 0.0519. The van der Waals surface area contributed by atoms with Gasteiger partial charge in [-0.25, -0.2) is 10.4 Å². The number of aromatic nitrogens is 4. The average Bonchev–Trinajstić information content (AvgIpc) is 3.26. The number of hydrogen-bond donors (Lipinski definition) is 7. The van der Waals surface area contributed by atoms with Gasteiger partial charge in [-0.3, -0.25) is 19.6 Å². The zero-order valence-corrected chi connectivity index (χ0v) is 18.1. The molecule has 0 amide bonds. The predicted molar refractivity (Wildman–Crippen MR) is 119 cm³/mol. The second kappa shape index (κ2) is 9.02. The number of nitrogens with one attached hydrogen (secondary N) is 2. The lowest BCUT2D eigenvalue weighted by Gasteiger charge is -2.23. The zero-order chi connectivity index (χ0) is 23.9. The molecule has 1 fully saturated rings. The van der Waals surface area contributed by atoms with Crippen LogP contribution in [-0.2, 0) is 4.74 Å². The largest absolute Gasteiger partial charge is 0.733 e. The van der Waals surface area contributed by atoms with Crippen LogP contribution in [0.1, 0.15) is 11.8 Å². The molecule has 0 spiro atoms. The van der Waals surface area contributed by atoms with E-state index in [4.69, 9.17) is 15.7 Å². The molecule has 0 bridgehead atoms. The molecule has 3 heterocycles. The molecule has 0 aliphatic carbocycles. The number of H-pyrrole nitrogens is 1. The molecule has 4 unspecified atom stereocenters. The number of nitrogen functional groups attached to an aromatic ring is 1. The van der Waals surface area contributed by atoms with Gasteiger partial charge in [-0.05, 0) is 33.6 Å². The number of aromatic amines is 1. The molecule has 4 rings (SSSR count). The maximum atomic E-state index is 12.3. The van der Waals surface area contributed by atoms with E-state index in [-0.39, 0.29) is 34.0 Å². The van der Waals surface area contributed by atoms with Gasteiger partial charge < -0.3 is 36.2 Å². The highest BCUT2D eigenvalue weighted by Crippen LogP contribution is 2.34. The summed E-state index contributed by atoms with van der Waals surface area (Å²) in [5.41, 5.74) is 7.74. The molecule has 1 saturated heterocycles. The second-order valence-electron chi connectivity index (χ2n) is 7.01. The lowest BCUT2D eigenvalue weighted by atomic mass is 10.1. The summed E-state index contributed by atoms with van der Waals surface area (Å²) in [5.74, 6) is -0.311. The number of halogens is 1. The van der Waals surface area contributed by atoms with Crippen molar-refractivity contribution in [2.24, 2.45) is 5.10 Å². The van der Waals surface area contributed by atoms with E-state index >= 15 is 0 Å². The van der Waals surface area contributed by atoms with Crippen molar-refractivity contribution in [2.75, 3.05) is 23.0 Å². The Morgan fingerprint density at radius 3 is 2.82 bits per heavy atom. The molecule has 0 saturated carbocycles. The van der Waals surface area contributed by atoms with Crippen LogP contribution < -0.4 is 21.9 Å². The Morgan fingerprint density at radius 1 is 1.39 bits per heavy atom. The van der Waals surface area contributed by atoms with Crippen LogP contribution in [0.2, 0.25) is 0 Å². The average molecular weight is 526 g/mol. The highest BCUT2D eigenvalue weighted by Gasteiger charge is 2.45. The summed E-state index contributed by atoms with van der Waals surface area (Å²) in [4.78, 5) is 22.8. The van der Waals surface area contributed by atoms with Gasteiger partial charge in [0.1, 0.15) is 18.3 Å². The number of rotatable bonds is 6. The molecular weight excluding hydrogens is 508 g/mol. The number of imidazole rings is 1. The van der Waals surface area contributed by atoms with Crippen molar-refractivity contribution < 1.29 is 25.3 Å². The molecule has 1 aromatic carbocycles. The molecule has 33 heavy (non-hydrogen) atoms. The number of nitrogens with zero attached hydrogens (tertiary/aromatic N) is 5. The topological polar surface area (TPSA) is 230 Å². The van der Waals surface area contributed by atoms with Crippen LogP contribution in [0.4, 0.5) is 17.6 Å². The van der Waals surface area contributed by atoms with Crippen molar-refractivity contribution in [3.05, 3.63) is 43.8 Å². The van der Waals surface area contributed by atoms with Crippen molar-refractivity contribution in [3.63, 3.8) is 0 Å². The Bertz CT molecular complexity index is 1260. The quantitative estimate of drug-likeness (QED) is 0.155. The van der Waals surface area contributed by atoms with Crippen LogP contribution >= 0.6 is 15.9 Å². The van der Waals surface area contributed by atoms with E-state index in [1.807, 2.05) is 0 Å². The van der Waals surface area contributed by atoms with Crippen LogP contribution in [0.25, 0.3) is 11.2 Å². The van der Waals surface area contributed by atoms with E-state index in [1.165, 1.54) is 22.9 Å². The summed E-state index contributed by atoms with van der Waals surface area (Å²) in [5, 5.41) is 54.1. The molecule has 8 N–H and O–H groups in total. The molecular formula is C17H18BrN8O7-. The van der Waals surface area contributed by atoms with Crippen LogP contribution in [0, 0.1) is 5.21 Å². The number of ether oxygens (including phenoxy) is 1. The second-order valence-corrected chi connectivity index (χ2v) is 7.87. The maximum Gasteiger partial charge on any atom is 0.280 e. The number of fused-ring (bicyclic) bond motifs is 1. The van der Waals surface area contributed by atoms with Gasteiger partial charge in [-0.2, -0.15) is 10.1 Å². The molecule has 0 radical (unpaired) electrons. The number of hydrazone groups is 1. The normalized spacial score (nSPS) is 23.0. The maximum absolute atomic E-state index is 12.3. The van der Waals surface area contributed by atoms with Gasteiger partial charge in [0.25, 0.3) is 5.56 Å². The third kappa shape index (κ3) is 4.27. The lowest BCUT2D eigenvalue weighted by Crippen LogP contribution is -2.33. The third-order valence-corrected chi connectivity index (χ3v) is 5.57. The van der Waals surface area contributed by atoms with E-state index in [9.17, 15) is 25.3 Å². The van der Waals surface area contributed by atoms with E-state index < -0.39 is 36.7 Å². The van der Waals surface area contributed by atoms with Crippen LogP contribution in [0.15, 0.2) is 32.6 Å². The van der Waals surface area contributed by atoms with Gasteiger partial charge in [0.2, 0.25) is 11.9 Å². The number of anilines is 3. The minimum atomic E-state index is -1.49. The standard InChI is InChI=1S/C17H18BrN8O7/c18-7-2-1-6(3-8(7)26(31)32)4-20-24-17-21-10-13(22-16(19)23-14(10)30)25(17)15-12(29)11(28)9(5-27)33-15/h1-4,9,11-12,15,27-29,31H,5H2,(H,21,24)(H3,19,22,23,30)/q-1. The Kier molecular flexibility index (Phi) is 6.30. The van der Waals surface area contributed by atoms with Gasteiger partial charge in [0.05, 0.1) is 18.5 Å². The first kappa shape index (κ1) is 23.1. The molecule has 1 aliphatic heterocycles. The zero-order valence-electron chi connectivity index (χ0n) is 16.5. The van der Waals surface area contributed by atoms with Crippen molar-refractivity contribution in [1.82, 2.24) is 19.5 Å². The van der Waals surface area contributed by atoms with E-state index in [0.29, 0.717) is 10.0 Å². The van der Waals surface area contributed by atoms with Crippen LogP contribution in [0.5, 0.6) is 0 Å². The first-order valence-corrected chi connectivity index (χ1v) is 10.2. The molecule has 4 atom stereocenters. The molecule has 2 aromatic heterocycles. The van der Waals surface area contributed by atoms with Gasteiger partial charge in [0.15, 0.2) is 17.4 Å². The van der Waals surface area contributed by atoms with E-state index in [2.05, 4.69) is 41.4 Å². The summed E-state index contributed by atoms with van der Waals surface area (Å²) >= 11 is 3.14. The Balaban J connectivity index is 1.73. The van der Waals surface area contributed by atoms with Gasteiger partial charge in [0, 0.05) is 4.47 Å². The van der Waals surface area contributed by atoms with Gasteiger partial charge >= 0.3 is 0 Å². The summed E-state index contributed by atoms with van der Waals surface area (Å²) in [6.07, 6.45) is -3.98. The minimum Gasteiger partial charge on any atom is -0.733 e. The van der Waals surface area contributed by atoms with Crippen molar-refractivity contribution >= 4 is 50.9 Å². The van der Waals surface area contributed by atoms with E-state index in [1.54, 1.807) is 6.07 Å². The van der Waals surface area contributed by atoms with Gasteiger partial charge in [-0.15, -0.1) is 0 Å². The first-order chi connectivity index (χ1) is 15.7. The Labute approximate surface area is 192 Å². The molecule has 3 aromatic rings.